The minimum absolute atomic E-state index is 0.154. The normalized spacial score (nSPS) is 17.4. The number of imidazole rings is 1. The molecule has 1 aliphatic heterocycles. The number of methoxy groups -OCH3 is 1. The van der Waals surface area contributed by atoms with Gasteiger partial charge in [-0.1, -0.05) is 140 Å². The zero-order chi connectivity index (χ0) is 48.9. The maximum atomic E-state index is 13.9. The molecule has 0 aliphatic carbocycles. The summed E-state index contributed by atoms with van der Waals surface area (Å²) in [5.74, 6) is 0.764. The van der Waals surface area contributed by atoms with Crippen molar-refractivity contribution in [3.8, 4) is 5.75 Å². The molecular weight excluding hydrogens is 913 g/mol. The molecule has 8 aromatic rings. The van der Waals surface area contributed by atoms with Gasteiger partial charge in [0, 0.05) is 30.8 Å². The first-order valence-corrected chi connectivity index (χ1v) is 25.8. The number of nitrogens with two attached hydrogens (primary N) is 1. The number of para-hydroxylation sites is 1. The highest BCUT2D eigenvalue weighted by Crippen LogP contribution is 2.42. The maximum absolute atomic E-state index is 13.9. The van der Waals surface area contributed by atoms with Crippen LogP contribution in [0.2, 0.25) is 0 Å². The second-order valence-corrected chi connectivity index (χ2v) is 19.6. The van der Waals surface area contributed by atoms with Crippen LogP contribution >= 0.6 is 0 Å². The predicted molar refractivity (Wildman–Crippen MR) is 275 cm³/mol. The molecule has 71 heavy (non-hydrogen) atoms. The van der Waals surface area contributed by atoms with Crippen molar-refractivity contribution in [3.63, 3.8) is 0 Å². The third kappa shape index (κ3) is 11.4. The van der Waals surface area contributed by atoms with Crippen LogP contribution in [0.15, 0.2) is 193 Å². The van der Waals surface area contributed by atoms with Gasteiger partial charge in [-0.15, -0.1) is 0 Å². The molecule has 12 nitrogen and oxygen atoms in total. The summed E-state index contributed by atoms with van der Waals surface area (Å²) in [4.78, 5) is 5.19. The Morgan fingerprint density at radius 2 is 1.31 bits per heavy atom. The number of hydrogen-bond donors (Lipinski definition) is 1. The molecule has 0 amide bonds. The Labute approximate surface area is 416 Å². The third-order valence-corrected chi connectivity index (χ3v) is 14.8. The lowest BCUT2D eigenvalue weighted by molar-refractivity contribution is -0.289. The van der Waals surface area contributed by atoms with Crippen LogP contribution in [-0.4, -0.2) is 80.0 Å². The lowest BCUT2D eigenvalue weighted by atomic mass is 9.76. The van der Waals surface area contributed by atoms with Gasteiger partial charge in [0.15, 0.2) is 6.29 Å². The molecule has 2 aromatic heterocycles. The van der Waals surface area contributed by atoms with Gasteiger partial charge in [0.2, 0.25) is 0 Å². The summed E-state index contributed by atoms with van der Waals surface area (Å²) in [6.45, 7) is 2.28. The summed E-state index contributed by atoms with van der Waals surface area (Å²) < 4.78 is 70.3. The van der Waals surface area contributed by atoms with E-state index >= 15 is 0 Å². The highest BCUT2D eigenvalue weighted by Gasteiger charge is 2.42. The fraction of sp³-hybridized carbons (Fsp3) is 0.293. The van der Waals surface area contributed by atoms with Crippen LogP contribution in [-0.2, 0) is 58.9 Å². The van der Waals surface area contributed by atoms with Crippen LogP contribution in [0.25, 0.3) is 10.9 Å². The van der Waals surface area contributed by atoms with E-state index in [1.165, 1.54) is 3.97 Å². The van der Waals surface area contributed by atoms with Crippen molar-refractivity contribution in [2.24, 2.45) is 5.73 Å². The van der Waals surface area contributed by atoms with Crippen LogP contribution in [0.1, 0.15) is 59.2 Å². The van der Waals surface area contributed by atoms with Crippen molar-refractivity contribution in [1.29, 1.82) is 0 Å². The molecule has 13 heteroatoms. The van der Waals surface area contributed by atoms with Gasteiger partial charge in [0.25, 0.3) is 10.0 Å². The van der Waals surface area contributed by atoms with Crippen LogP contribution in [0.5, 0.6) is 5.75 Å². The van der Waals surface area contributed by atoms with Crippen LogP contribution in [0.3, 0.4) is 0 Å². The van der Waals surface area contributed by atoms with E-state index in [0.29, 0.717) is 50.4 Å². The maximum Gasteiger partial charge on any atom is 0.268 e. The molecule has 0 spiro atoms. The molecule has 0 unspecified atom stereocenters. The van der Waals surface area contributed by atoms with E-state index in [2.05, 4.69) is 65.2 Å². The zero-order valence-electron chi connectivity index (χ0n) is 40.1. The van der Waals surface area contributed by atoms with Gasteiger partial charge in [0.1, 0.15) is 23.5 Å². The first kappa shape index (κ1) is 49.6. The molecule has 3 heterocycles. The molecule has 1 fully saturated rings. The smallest absolute Gasteiger partial charge is 0.268 e. The van der Waals surface area contributed by atoms with Crippen LogP contribution < -0.4 is 10.5 Å². The Morgan fingerprint density at radius 1 is 0.676 bits per heavy atom. The largest absolute Gasteiger partial charge is 0.497 e. The van der Waals surface area contributed by atoms with Gasteiger partial charge in [-0.2, -0.15) is 0 Å². The topological polar surface area (TPSA) is 138 Å². The van der Waals surface area contributed by atoms with Crippen molar-refractivity contribution in [3.05, 3.63) is 222 Å². The second kappa shape index (κ2) is 23.7. The number of fused-ring (bicyclic) bond motifs is 1. The quantitative estimate of drug-likeness (QED) is 0.0460. The van der Waals surface area contributed by atoms with Gasteiger partial charge in [0.05, 0.1) is 62.1 Å². The molecule has 1 saturated heterocycles. The minimum atomic E-state index is -3.86. The fourth-order valence-electron chi connectivity index (χ4n) is 9.52. The summed E-state index contributed by atoms with van der Waals surface area (Å²) in [5.41, 5.74) is 11.3. The highest BCUT2D eigenvalue weighted by molar-refractivity contribution is 7.90. The Bertz CT molecular complexity index is 2950. The van der Waals surface area contributed by atoms with Crippen molar-refractivity contribution in [2.45, 2.75) is 80.4 Å². The van der Waals surface area contributed by atoms with Gasteiger partial charge in [-0.25, -0.2) is 17.4 Å². The molecule has 9 rings (SSSR count). The second-order valence-electron chi connectivity index (χ2n) is 17.7. The van der Waals surface area contributed by atoms with Crippen molar-refractivity contribution < 1.29 is 36.8 Å². The number of hydrogen-bond acceptors (Lipinski definition) is 10. The molecule has 6 aromatic carbocycles. The Hall–Kier alpha value is -6.42. The van der Waals surface area contributed by atoms with E-state index in [9.17, 15) is 8.42 Å². The van der Waals surface area contributed by atoms with E-state index < -0.39 is 34.1 Å². The molecule has 0 radical (unpaired) electrons. The van der Waals surface area contributed by atoms with Gasteiger partial charge in [-0.05, 0) is 90.4 Å². The number of benzene rings is 6. The molecule has 0 saturated carbocycles. The van der Waals surface area contributed by atoms with E-state index in [1.54, 1.807) is 43.6 Å². The lowest BCUT2D eigenvalue weighted by Gasteiger charge is -2.40. The molecular formula is C58H62N4O8S. The molecule has 2 N–H and O–H groups in total. The summed E-state index contributed by atoms with van der Waals surface area (Å²) in [6.07, 6.45) is 7.07. The molecule has 4 atom stereocenters. The average molecular weight is 975 g/mol. The first-order valence-electron chi connectivity index (χ1n) is 24.4. The summed E-state index contributed by atoms with van der Waals surface area (Å²) in [7, 11) is -2.19. The van der Waals surface area contributed by atoms with Crippen LogP contribution in [0.4, 0.5) is 0 Å². The number of unbranched alkanes of at least 4 members (excludes halogenated alkanes) is 2. The summed E-state index contributed by atoms with van der Waals surface area (Å²) in [6, 6.07) is 55.1. The fourth-order valence-corrected chi connectivity index (χ4v) is 10.9. The molecule has 368 valence electrons. The number of aromatic nitrogens is 3. The number of nitrogens with zero attached hydrogens (tertiary/aromatic N) is 3. The number of ether oxygens (including phenoxy) is 6. The van der Waals surface area contributed by atoms with E-state index in [1.807, 2.05) is 91.4 Å². The van der Waals surface area contributed by atoms with Crippen molar-refractivity contribution >= 4 is 20.9 Å². The Kier molecular flexibility index (Phi) is 16.5. The van der Waals surface area contributed by atoms with Gasteiger partial charge < -0.3 is 38.7 Å². The SMILES string of the molecule is COc1ccc(C(c2ccccc2)(c2ccccc2)n2cnc(CO[C@@H]3C[C@H](OCc4ccccc4)[C@@H](COCCCCCN)O[C@H]3OCCc3cn(S(=O)(=O)c4ccccc4)c4ccccc34)c2)cc1. The first-order chi connectivity index (χ1) is 34.9. The minimum Gasteiger partial charge on any atom is -0.497 e. The Morgan fingerprint density at radius 3 is 2.00 bits per heavy atom. The Balaban J connectivity index is 1.00. The van der Waals surface area contributed by atoms with E-state index in [0.717, 1.165) is 58.2 Å². The molecule has 1 aliphatic rings. The summed E-state index contributed by atoms with van der Waals surface area (Å²) in [5, 5.41) is 0.829. The lowest BCUT2D eigenvalue weighted by Crippen LogP contribution is -2.52. The average Bonchev–Trinajstić information content (AvgIpc) is 4.06. The standard InChI is InChI=1S/C58H62N4O8S/c1-65-50-31-29-48(30-32-50)58(46-21-9-3-10-22-46,47-23-11-4-12-24-47)61-39-49(60-43-61)41-69-55-37-54(68-40-44-19-7-2-8-20-44)56(42-66-35-18-6-17-34-59)70-57(55)67-36-33-45-38-62(53-28-16-15-27-52(45)53)71(63,64)51-25-13-5-14-26-51/h2-5,7-16,19-32,38-39,43,54-57H,6,17-18,33-37,40-42,59H2,1H3/t54-,55+,56+,57+/m0/s1. The highest BCUT2D eigenvalue weighted by atomic mass is 32.2. The number of rotatable bonds is 24. The van der Waals surface area contributed by atoms with E-state index in [4.69, 9.17) is 39.1 Å². The third-order valence-electron chi connectivity index (χ3n) is 13.1. The van der Waals surface area contributed by atoms with E-state index in [-0.39, 0.29) is 24.2 Å². The van der Waals surface area contributed by atoms with Gasteiger partial charge >= 0.3 is 0 Å². The van der Waals surface area contributed by atoms with Crippen molar-refractivity contribution in [2.75, 3.05) is 33.5 Å². The predicted octanol–water partition coefficient (Wildman–Crippen LogP) is 9.91. The monoisotopic (exact) mass is 974 g/mol. The zero-order valence-corrected chi connectivity index (χ0v) is 40.9. The van der Waals surface area contributed by atoms with Gasteiger partial charge in [-0.3, -0.25) is 0 Å². The van der Waals surface area contributed by atoms with Crippen molar-refractivity contribution in [1.82, 2.24) is 13.5 Å². The molecule has 0 bridgehead atoms. The summed E-state index contributed by atoms with van der Waals surface area (Å²) >= 11 is 0. The van der Waals surface area contributed by atoms with Crippen LogP contribution in [0, 0.1) is 0 Å².